The molecule has 1 aromatic carbocycles. The van der Waals surface area contributed by atoms with Crippen LogP contribution in [0.15, 0.2) is 24.3 Å². The Morgan fingerprint density at radius 1 is 1.21 bits per heavy atom. The van der Waals surface area contributed by atoms with Gasteiger partial charge in [-0.2, -0.15) is 0 Å². The molecule has 0 bridgehead atoms. The lowest BCUT2D eigenvalue weighted by atomic mass is 9.81. The van der Waals surface area contributed by atoms with E-state index in [9.17, 15) is 9.59 Å². The van der Waals surface area contributed by atoms with Gasteiger partial charge in [0, 0.05) is 25.2 Å². The molecule has 1 aliphatic carbocycles. The summed E-state index contributed by atoms with van der Waals surface area (Å²) in [5.41, 5.74) is 2.93. The van der Waals surface area contributed by atoms with Gasteiger partial charge >= 0.3 is 0 Å². The van der Waals surface area contributed by atoms with Crippen LogP contribution in [0, 0.1) is 18.8 Å². The van der Waals surface area contributed by atoms with Gasteiger partial charge in [0.2, 0.25) is 5.91 Å². The minimum atomic E-state index is -0.0799. The summed E-state index contributed by atoms with van der Waals surface area (Å²) >= 11 is 1.58. The predicted molar refractivity (Wildman–Crippen MR) is 110 cm³/mol. The number of carbonyl (C=O) groups excluding carboxylic acids is 2. The van der Waals surface area contributed by atoms with Crippen LogP contribution in [0.3, 0.4) is 0 Å². The molecule has 5 nitrogen and oxygen atoms in total. The molecule has 1 unspecified atom stereocenters. The molecule has 6 heteroatoms. The van der Waals surface area contributed by atoms with Crippen molar-refractivity contribution in [3.8, 4) is 0 Å². The van der Waals surface area contributed by atoms with Crippen LogP contribution in [-0.4, -0.2) is 34.8 Å². The zero-order chi connectivity index (χ0) is 19.3. The standard InChI is InChI=1S/C22H25N3O2S/c1-13-20(28-18(23-13)12-14-6-7-14)22(27)25-10-8-15(9-11-25)19-16-4-2-3-5-17(16)24-21(19)26/h2-5,14-15,19H,6-12H2,1H3,(H,24,26). The van der Waals surface area contributed by atoms with Crippen molar-refractivity contribution in [2.45, 2.75) is 44.9 Å². The lowest BCUT2D eigenvalue weighted by molar-refractivity contribution is -0.118. The van der Waals surface area contributed by atoms with E-state index in [1.165, 1.54) is 12.8 Å². The Labute approximate surface area is 169 Å². The number of aryl methyl sites for hydroxylation is 1. The van der Waals surface area contributed by atoms with E-state index in [0.29, 0.717) is 19.0 Å². The fraction of sp³-hybridized carbons (Fsp3) is 0.500. The first-order valence-electron chi connectivity index (χ1n) is 10.3. The van der Waals surface area contributed by atoms with Crippen LogP contribution in [0.25, 0.3) is 0 Å². The Hall–Kier alpha value is -2.21. The van der Waals surface area contributed by atoms with E-state index < -0.39 is 0 Å². The van der Waals surface area contributed by atoms with Crippen molar-refractivity contribution in [3.63, 3.8) is 0 Å². The van der Waals surface area contributed by atoms with Gasteiger partial charge in [-0.1, -0.05) is 18.2 Å². The predicted octanol–water partition coefficient (Wildman–Crippen LogP) is 3.99. The Morgan fingerprint density at radius 2 is 1.96 bits per heavy atom. The van der Waals surface area contributed by atoms with Gasteiger partial charge in [0.1, 0.15) is 4.88 Å². The fourth-order valence-electron chi connectivity index (χ4n) is 4.59. The number of likely N-dealkylation sites (tertiary alicyclic amines) is 1. The molecule has 1 saturated heterocycles. The second kappa shape index (κ2) is 6.99. The first kappa shape index (κ1) is 17.9. The quantitative estimate of drug-likeness (QED) is 0.851. The summed E-state index contributed by atoms with van der Waals surface area (Å²) in [6.45, 7) is 3.38. The molecule has 1 N–H and O–H groups in total. The van der Waals surface area contributed by atoms with Gasteiger partial charge in [-0.15, -0.1) is 11.3 Å². The molecular weight excluding hydrogens is 370 g/mol. The molecule has 28 heavy (non-hydrogen) atoms. The number of nitrogens with zero attached hydrogens (tertiary/aromatic N) is 2. The second-order valence-corrected chi connectivity index (χ2v) is 9.44. The number of rotatable bonds is 4. The molecule has 1 saturated carbocycles. The molecule has 5 rings (SSSR count). The number of carbonyl (C=O) groups is 2. The van der Waals surface area contributed by atoms with Gasteiger partial charge in [0.15, 0.2) is 0 Å². The normalized spacial score (nSPS) is 22.2. The number of anilines is 1. The van der Waals surface area contributed by atoms with E-state index in [2.05, 4.69) is 16.4 Å². The van der Waals surface area contributed by atoms with Crippen LogP contribution in [-0.2, 0) is 11.2 Å². The third-order valence-corrected chi connectivity index (χ3v) is 7.50. The molecule has 0 spiro atoms. The molecular formula is C22H25N3O2S. The number of para-hydroxylation sites is 1. The molecule has 3 heterocycles. The lowest BCUT2D eigenvalue weighted by Gasteiger charge is -2.34. The average molecular weight is 396 g/mol. The van der Waals surface area contributed by atoms with Crippen molar-refractivity contribution >= 4 is 28.8 Å². The van der Waals surface area contributed by atoms with Crippen molar-refractivity contribution in [3.05, 3.63) is 45.4 Å². The summed E-state index contributed by atoms with van der Waals surface area (Å²) < 4.78 is 0. The van der Waals surface area contributed by atoms with E-state index in [0.717, 1.165) is 52.0 Å². The summed E-state index contributed by atoms with van der Waals surface area (Å²) in [6.07, 6.45) is 5.35. The maximum Gasteiger partial charge on any atom is 0.265 e. The lowest BCUT2D eigenvalue weighted by Crippen LogP contribution is -2.40. The molecule has 1 aromatic heterocycles. The molecule has 3 aliphatic rings. The second-order valence-electron chi connectivity index (χ2n) is 8.35. The topological polar surface area (TPSA) is 62.3 Å². The van der Waals surface area contributed by atoms with Crippen LogP contribution in [0.1, 0.15) is 57.5 Å². The molecule has 2 amide bonds. The molecule has 0 radical (unpaired) electrons. The number of nitrogens with one attached hydrogen (secondary N) is 1. The van der Waals surface area contributed by atoms with Crippen molar-refractivity contribution in [1.82, 2.24) is 9.88 Å². The highest BCUT2D eigenvalue weighted by Gasteiger charge is 2.39. The van der Waals surface area contributed by atoms with Gasteiger partial charge in [-0.05, 0) is 56.1 Å². The maximum absolute atomic E-state index is 13.0. The Bertz CT molecular complexity index is 926. The molecule has 2 aliphatic heterocycles. The number of thiazole rings is 1. The van der Waals surface area contributed by atoms with Crippen molar-refractivity contribution in [2.75, 3.05) is 18.4 Å². The minimum Gasteiger partial charge on any atom is -0.338 e. The van der Waals surface area contributed by atoms with Gasteiger partial charge < -0.3 is 10.2 Å². The highest BCUT2D eigenvalue weighted by Crippen LogP contribution is 2.41. The summed E-state index contributed by atoms with van der Waals surface area (Å²) in [7, 11) is 0. The Morgan fingerprint density at radius 3 is 2.71 bits per heavy atom. The van der Waals surface area contributed by atoms with Crippen molar-refractivity contribution in [2.24, 2.45) is 11.8 Å². The smallest absolute Gasteiger partial charge is 0.265 e. The van der Waals surface area contributed by atoms with Gasteiger partial charge in [-0.25, -0.2) is 4.98 Å². The monoisotopic (exact) mass is 395 g/mol. The Balaban J connectivity index is 1.25. The van der Waals surface area contributed by atoms with Gasteiger partial charge in [0.05, 0.1) is 16.6 Å². The van der Waals surface area contributed by atoms with Crippen molar-refractivity contribution < 1.29 is 9.59 Å². The summed E-state index contributed by atoms with van der Waals surface area (Å²) in [5.74, 6) is 1.22. The first-order valence-corrected chi connectivity index (χ1v) is 11.1. The highest BCUT2D eigenvalue weighted by atomic mass is 32.1. The van der Waals surface area contributed by atoms with Crippen LogP contribution >= 0.6 is 11.3 Å². The van der Waals surface area contributed by atoms with Crippen LogP contribution in [0.2, 0.25) is 0 Å². The largest absolute Gasteiger partial charge is 0.338 e. The molecule has 1 atom stereocenters. The number of fused-ring (bicyclic) bond motifs is 1. The maximum atomic E-state index is 13.0. The van der Waals surface area contributed by atoms with Crippen LogP contribution in [0.5, 0.6) is 0 Å². The zero-order valence-corrected chi connectivity index (χ0v) is 16.9. The number of aromatic nitrogens is 1. The van der Waals surface area contributed by atoms with E-state index in [1.54, 1.807) is 11.3 Å². The van der Waals surface area contributed by atoms with E-state index in [-0.39, 0.29) is 17.7 Å². The van der Waals surface area contributed by atoms with E-state index in [1.807, 2.05) is 30.0 Å². The number of benzene rings is 1. The fourth-order valence-corrected chi connectivity index (χ4v) is 5.74. The third-order valence-electron chi connectivity index (χ3n) is 6.33. The summed E-state index contributed by atoms with van der Waals surface area (Å²) in [4.78, 5) is 32.9. The van der Waals surface area contributed by atoms with Gasteiger partial charge in [-0.3, -0.25) is 9.59 Å². The van der Waals surface area contributed by atoms with Crippen LogP contribution in [0.4, 0.5) is 5.69 Å². The number of hydrogen-bond acceptors (Lipinski definition) is 4. The third kappa shape index (κ3) is 3.24. The number of hydrogen-bond donors (Lipinski definition) is 1. The first-order chi connectivity index (χ1) is 13.6. The van der Waals surface area contributed by atoms with Crippen molar-refractivity contribution in [1.29, 1.82) is 0 Å². The average Bonchev–Trinajstić information content (AvgIpc) is 3.34. The minimum absolute atomic E-state index is 0.0799. The number of piperidine rings is 1. The van der Waals surface area contributed by atoms with Gasteiger partial charge in [0.25, 0.3) is 5.91 Å². The summed E-state index contributed by atoms with van der Waals surface area (Å²) in [6, 6.07) is 7.98. The molecule has 2 aromatic rings. The molecule has 2 fully saturated rings. The molecule has 146 valence electrons. The highest BCUT2D eigenvalue weighted by molar-refractivity contribution is 7.13. The Kier molecular flexibility index (Phi) is 4.46. The summed E-state index contributed by atoms with van der Waals surface area (Å²) in [5, 5.41) is 4.12. The number of amides is 2. The SMILES string of the molecule is Cc1nc(CC2CC2)sc1C(=O)N1CCC(C2C(=O)Nc3ccccc32)CC1. The van der Waals surface area contributed by atoms with Crippen LogP contribution < -0.4 is 5.32 Å². The van der Waals surface area contributed by atoms with E-state index >= 15 is 0 Å². The van der Waals surface area contributed by atoms with E-state index in [4.69, 9.17) is 0 Å². The zero-order valence-electron chi connectivity index (χ0n) is 16.1.